The monoisotopic (exact) mass is 277 g/mol. The van der Waals surface area contributed by atoms with Crippen molar-refractivity contribution in [3.63, 3.8) is 0 Å². The molecule has 1 aliphatic rings. The van der Waals surface area contributed by atoms with E-state index in [0.29, 0.717) is 26.1 Å². The van der Waals surface area contributed by atoms with Gasteiger partial charge in [0.25, 0.3) is 0 Å². The summed E-state index contributed by atoms with van der Waals surface area (Å²) in [6, 6.07) is 7.83. The van der Waals surface area contributed by atoms with Gasteiger partial charge in [-0.3, -0.25) is 9.59 Å². The van der Waals surface area contributed by atoms with Crippen LogP contribution in [-0.4, -0.2) is 36.7 Å². The van der Waals surface area contributed by atoms with Crippen molar-refractivity contribution in [2.45, 2.75) is 25.2 Å². The van der Waals surface area contributed by atoms with Gasteiger partial charge >= 0.3 is 5.97 Å². The van der Waals surface area contributed by atoms with Crippen molar-refractivity contribution in [2.75, 3.05) is 19.8 Å². The molecule has 0 radical (unpaired) electrons. The average molecular weight is 277 g/mol. The number of carboxylic acid groups (broad SMARTS) is 1. The molecule has 1 fully saturated rings. The number of carbonyl (C=O) groups is 2. The summed E-state index contributed by atoms with van der Waals surface area (Å²) in [6.45, 7) is 2.65. The predicted octanol–water partition coefficient (Wildman–Crippen LogP) is 1.24. The lowest BCUT2D eigenvalue weighted by Crippen LogP contribution is -2.49. The molecule has 0 aromatic heterocycles. The first-order chi connectivity index (χ1) is 9.54. The van der Waals surface area contributed by atoms with Crippen LogP contribution in [0.4, 0.5) is 0 Å². The Balaban J connectivity index is 2.27. The molecule has 0 saturated carbocycles. The van der Waals surface area contributed by atoms with Crippen molar-refractivity contribution in [3.8, 4) is 0 Å². The number of carboxylic acids is 1. The molecule has 2 N–H and O–H groups in total. The lowest BCUT2D eigenvalue weighted by molar-refractivity contribution is -0.139. The lowest BCUT2D eigenvalue weighted by Gasteiger charge is -2.36. The minimum absolute atomic E-state index is 0.230. The van der Waals surface area contributed by atoms with Crippen LogP contribution in [0.1, 0.15) is 24.0 Å². The van der Waals surface area contributed by atoms with Crippen LogP contribution in [0, 0.1) is 6.92 Å². The van der Waals surface area contributed by atoms with Crippen LogP contribution in [0.2, 0.25) is 0 Å². The number of aliphatic carboxylic acids is 1. The predicted molar refractivity (Wildman–Crippen MR) is 73.6 cm³/mol. The second-order valence-electron chi connectivity index (χ2n) is 5.14. The normalized spacial score (nSPS) is 17.4. The van der Waals surface area contributed by atoms with E-state index in [0.717, 1.165) is 11.1 Å². The fraction of sp³-hybridized carbons (Fsp3) is 0.467. The van der Waals surface area contributed by atoms with Gasteiger partial charge in [-0.2, -0.15) is 0 Å². The van der Waals surface area contributed by atoms with Gasteiger partial charge in [0.15, 0.2) is 0 Å². The third-order valence-corrected chi connectivity index (χ3v) is 3.79. The molecule has 5 nitrogen and oxygen atoms in total. The van der Waals surface area contributed by atoms with Crippen molar-refractivity contribution in [2.24, 2.45) is 0 Å². The summed E-state index contributed by atoms with van der Waals surface area (Å²) in [7, 11) is 0. The first-order valence-electron chi connectivity index (χ1n) is 6.69. The standard InChI is InChI=1S/C15H19NO4/c1-11-2-4-12(5-3-11)15(6-8-20-9-7-15)14(19)16-10-13(17)18/h2-5H,6-10H2,1H3,(H,16,19)(H,17,18). The van der Waals surface area contributed by atoms with Gasteiger partial charge in [0.2, 0.25) is 5.91 Å². The van der Waals surface area contributed by atoms with E-state index in [-0.39, 0.29) is 12.5 Å². The van der Waals surface area contributed by atoms with Crippen molar-refractivity contribution in [1.29, 1.82) is 0 Å². The van der Waals surface area contributed by atoms with Crippen LogP contribution in [0.15, 0.2) is 24.3 Å². The first kappa shape index (κ1) is 14.5. The largest absolute Gasteiger partial charge is 0.480 e. The van der Waals surface area contributed by atoms with E-state index in [1.807, 2.05) is 31.2 Å². The molecule has 5 heteroatoms. The minimum Gasteiger partial charge on any atom is -0.480 e. The summed E-state index contributed by atoms with van der Waals surface area (Å²) in [5.74, 6) is -1.27. The molecule has 1 aromatic rings. The quantitative estimate of drug-likeness (QED) is 0.868. The summed E-state index contributed by atoms with van der Waals surface area (Å²) < 4.78 is 5.35. The molecule has 0 aliphatic carbocycles. The molecule has 20 heavy (non-hydrogen) atoms. The fourth-order valence-corrected chi connectivity index (χ4v) is 2.56. The van der Waals surface area contributed by atoms with Gasteiger partial charge in [-0.1, -0.05) is 29.8 Å². The Labute approximate surface area is 117 Å². The number of carbonyl (C=O) groups excluding carboxylic acids is 1. The van der Waals surface area contributed by atoms with Gasteiger partial charge in [0.1, 0.15) is 6.54 Å². The van der Waals surface area contributed by atoms with E-state index in [9.17, 15) is 9.59 Å². The second-order valence-corrected chi connectivity index (χ2v) is 5.14. The highest BCUT2D eigenvalue weighted by Crippen LogP contribution is 2.35. The summed E-state index contributed by atoms with van der Waals surface area (Å²) in [6.07, 6.45) is 1.14. The Bertz CT molecular complexity index is 489. The number of ether oxygens (including phenoxy) is 1. The van der Waals surface area contributed by atoms with Crippen LogP contribution in [0.25, 0.3) is 0 Å². The van der Waals surface area contributed by atoms with Gasteiger partial charge in [0, 0.05) is 13.2 Å². The Kier molecular flexibility index (Phi) is 4.39. The maximum absolute atomic E-state index is 12.5. The van der Waals surface area contributed by atoms with E-state index in [2.05, 4.69) is 5.32 Å². The van der Waals surface area contributed by atoms with Gasteiger partial charge < -0.3 is 15.2 Å². The molecule has 1 saturated heterocycles. The van der Waals surface area contributed by atoms with E-state index in [4.69, 9.17) is 9.84 Å². The molecule has 0 unspecified atom stereocenters. The highest BCUT2D eigenvalue weighted by atomic mass is 16.5. The fourth-order valence-electron chi connectivity index (χ4n) is 2.56. The van der Waals surface area contributed by atoms with E-state index in [1.165, 1.54) is 0 Å². The lowest BCUT2D eigenvalue weighted by atomic mass is 9.73. The SMILES string of the molecule is Cc1ccc(C2(C(=O)NCC(=O)O)CCOCC2)cc1. The van der Waals surface area contributed by atoms with E-state index in [1.54, 1.807) is 0 Å². The molecule has 0 spiro atoms. The molecule has 0 atom stereocenters. The van der Waals surface area contributed by atoms with Crippen molar-refractivity contribution in [3.05, 3.63) is 35.4 Å². The maximum Gasteiger partial charge on any atom is 0.322 e. The highest BCUT2D eigenvalue weighted by Gasteiger charge is 2.41. The molecule has 1 heterocycles. The molecule has 1 aromatic carbocycles. The highest BCUT2D eigenvalue weighted by molar-refractivity contribution is 5.90. The van der Waals surface area contributed by atoms with Gasteiger partial charge in [-0.25, -0.2) is 0 Å². The summed E-state index contributed by atoms with van der Waals surface area (Å²) in [5, 5.41) is 11.2. The van der Waals surface area contributed by atoms with E-state index >= 15 is 0 Å². The second kappa shape index (κ2) is 6.05. The van der Waals surface area contributed by atoms with Gasteiger partial charge in [0.05, 0.1) is 5.41 Å². The smallest absolute Gasteiger partial charge is 0.322 e. The zero-order chi connectivity index (χ0) is 14.6. The topological polar surface area (TPSA) is 75.6 Å². The van der Waals surface area contributed by atoms with Crippen molar-refractivity contribution in [1.82, 2.24) is 5.32 Å². The summed E-state index contributed by atoms with van der Waals surface area (Å²) >= 11 is 0. The third kappa shape index (κ3) is 2.99. The van der Waals surface area contributed by atoms with Crippen LogP contribution < -0.4 is 5.32 Å². The Morgan fingerprint density at radius 3 is 2.40 bits per heavy atom. The number of rotatable bonds is 4. The van der Waals surface area contributed by atoms with Crippen LogP contribution in [0.3, 0.4) is 0 Å². The zero-order valence-electron chi connectivity index (χ0n) is 11.5. The summed E-state index contributed by atoms with van der Waals surface area (Å²) in [5.41, 5.74) is 1.37. The van der Waals surface area contributed by atoms with Crippen LogP contribution >= 0.6 is 0 Å². The minimum atomic E-state index is -1.04. The van der Waals surface area contributed by atoms with Crippen molar-refractivity contribution >= 4 is 11.9 Å². The zero-order valence-corrected chi connectivity index (χ0v) is 11.5. The Hall–Kier alpha value is -1.88. The van der Waals surface area contributed by atoms with Crippen LogP contribution in [-0.2, 0) is 19.7 Å². The third-order valence-electron chi connectivity index (χ3n) is 3.79. The number of aryl methyl sites for hydroxylation is 1. The molecule has 1 amide bonds. The molecule has 108 valence electrons. The number of benzene rings is 1. The number of amides is 1. The van der Waals surface area contributed by atoms with Gasteiger partial charge in [-0.05, 0) is 25.3 Å². The molecule has 2 rings (SSSR count). The molecular formula is C15H19NO4. The molecule has 0 bridgehead atoms. The van der Waals surface area contributed by atoms with E-state index < -0.39 is 11.4 Å². The maximum atomic E-state index is 12.5. The van der Waals surface area contributed by atoms with Gasteiger partial charge in [-0.15, -0.1) is 0 Å². The number of hydrogen-bond donors (Lipinski definition) is 2. The summed E-state index contributed by atoms with van der Waals surface area (Å²) in [4.78, 5) is 23.1. The first-order valence-corrected chi connectivity index (χ1v) is 6.69. The Morgan fingerprint density at radius 2 is 1.85 bits per heavy atom. The number of nitrogens with one attached hydrogen (secondary N) is 1. The average Bonchev–Trinajstić information content (AvgIpc) is 2.46. The molecule has 1 aliphatic heterocycles. The number of hydrogen-bond acceptors (Lipinski definition) is 3. The van der Waals surface area contributed by atoms with Crippen molar-refractivity contribution < 1.29 is 19.4 Å². The Morgan fingerprint density at radius 1 is 1.25 bits per heavy atom. The molecular weight excluding hydrogens is 258 g/mol. The van der Waals surface area contributed by atoms with Crippen LogP contribution in [0.5, 0.6) is 0 Å².